The molecule has 0 aliphatic carbocycles. The normalized spacial score (nSPS) is 14.0. The number of sulfonamides is 1. The number of carbonyl (C=O) groups is 1. The van der Waals surface area contributed by atoms with E-state index < -0.39 is 10.0 Å². The summed E-state index contributed by atoms with van der Waals surface area (Å²) in [4.78, 5) is 12.4. The van der Waals surface area contributed by atoms with Crippen molar-refractivity contribution in [1.29, 1.82) is 0 Å². The molecule has 2 aromatic rings. The van der Waals surface area contributed by atoms with Crippen LogP contribution < -0.4 is 19.5 Å². The fraction of sp³-hybridized carbons (Fsp3) is 0.316. The van der Waals surface area contributed by atoms with Gasteiger partial charge < -0.3 is 14.8 Å². The van der Waals surface area contributed by atoms with Gasteiger partial charge in [-0.3, -0.25) is 4.79 Å². The smallest absolute Gasteiger partial charge is 0.240 e. The van der Waals surface area contributed by atoms with Crippen LogP contribution in [0.1, 0.15) is 30.5 Å². The van der Waals surface area contributed by atoms with Crippen LogP contribution in [-0.2, 0) is 21.2 Å². The van der Waals surface area contributed by atoms with Crippen molar-refractivity contribution in [3.63, 3.8) is 0 Å². The highest BCUT2D eigenvalue weighted by molar-refractivity contribution is 7.89. The maximum atomic E-state index is 12.2. The van der Waals surface area contributed by atoms with E-state index in [2.05, 4.69) is 10.0 Å². The van der Waals surface area contributed by atoms with Gasteiger partial charge in [0.1, 0.15) is 0 Å². The van der Waals surface area contributed by atoms with Crippen molar-refractivity contribution in [2.24, 2.45) is 0 Å². The van der Waals surface area contributed by atoms with Gasteiger partial charge >= 0.3 is 0 Å². The highest BCUT2D eigenvalue weighted by atomic mass is 32.2. The third-order valence-electron chi connectivity index (χ3n) is 4.42. The molecule has 3 rings (SSSR count). The molecule has 1 aliphatic heterocycles. The maximum Gasteiger partial charge on any atom is 0.240 e. The van der Waals surface area contributed by atoms with Gasteiger partial charge in [-0.2, -0.15) is 0 Å². The molecule has 1 aliphatic rings. The topological polar surface area (TPSA) is 93.7 Å². The summed E-state index contributed by atoms with van der Waals surface area (Å²) in [7, 11) is -2.08. The van der Waals surface area contributed by atoms with Crippen molar-refractivity contribution >= 4 is 15.9 Å². The van der Waals surface area contributed by atoms with Crippen LogP contribution >= 0.6 is 0 Å². The molecule has 27 heavy (non-hydrogen) atoms. The van der Waals surface area contributed by atoms with E-state index in [1.54, 1.807) is 12.1 Å². The Morgan fingerprint density at radius 1 is 1.11 bits per heavy atom. The van der Waals surface area contributed by atoms with E-state index in [-0.39, 0.29) is 23.6 Å². The lowest BCUT2D eigenvalue weighted by molar-refractivity contribution is -0.121. The monoisotopic (exact) mass is 390 g/mol. The average Bonchev–Trinajstić information content (AvgIpc) is 3.14. The summed E-state index contributed by atoms with van der Waals surface area (Å²) in [5, 5.41) is 2.96. The zero-order valence-corrected chi connectivity index (χ0v) is 16.0. The third kappa shape index (κ3) is 4.58. The predicted octanol–water partition coefficient (Wildman–Crippen LogP) is 2.13. The second kappa shape index (κ2) is 7.98. The lowest BCUT2D eigenvalue weighted by atomic mass is 10.1. The van der Waals surface area contributed by atoms with Gasteiger partial charge in [-0.05, 0) is 55.8 Å². The average molecular weight is 390 g/mol. The Morgan fingerprint density at radius 2 is 1.81 bits per heavy atom. The van der Waals surface area contributed by atoms with Gasteiger partial charge in [-0.25, -0.2) is 13.1 Å². The summed E-state index contributed by atoms with van der Waals surface area (Å²) in [5.41, 5.74) is 1.84. The molecule has 0 saturated heterocycles. The lowest BCUT2D eigenvalue weighted by Gasteiger charge is -2.15. The van der Waals surface area contributed by atoms with Crippen LogP contribution in [-0.4, -0.2) is 28.2 Å². The summed E-state index contributed by atoms with van der Waals surface area (Å²) in [6.45, 7) is 2.13. The van der Waals surface area contributed by atoms with E-state index in [0.717, 1.165) is 11.1 Å². The molecule has 0 bridgehead atoms. The first kappa shape index (κ1) is 19.2. The Morgan fingerprint density at radius 3 is 2.52 bits per heavy atom. The summed E-state index contributed by atoms with van der Waals surface area (Å²) >= 11 is 0. The first-order valence-electron chi connectivity index (χ1n) is 8.60. The SMILES string of the molecule is CNS(=O)(=O)c1ccc(CCC(=O)NC(C)c2ccc3c(c2)OCO3)cc1. The van der Waals surface area contributed by atoms with Crippen molar-refractivity contribution in [2.75, 3.05) is 13.8 Å². The Labute approximate surface area is 158 Å². The molecule has 0 spiro atoms. The van der Waals surface area contributed by atoms with Crippen molar-refractivity contribution in [3.05, 3.63) is 53.6 Å². The molecule has 1 heterocycles. The van der Waals surface area contributed by atoms with Crippen molar-refractivity contribution < 1.29 is 22.7 Å². The van der Waals surface area contributed by atoms with Crippen molar-refractivity contribution in [1.82, 2.24) is 10.0 Å². The second-order valence-electron chi connectivity index (χ2n) is 6.25. The number of rotatable bonds is 7. The minimum Gasteiger partial charge on any atom is -0.454 e. The summed E-state index contributed by atoms with van der Waals surface area (Å²) in [6, 6.07) is 12.0. The summed E-state index contributed by atoms with van der Waals surface area (Å²) in [6.07, 6.45) is 0.840. The van der Waals surface area contributed by atoms with Crippen LogP contribution in [0.4, 0.5) is 0 Å². The molecule has 1 amide bonds. The number of hydrogen-bond acceptors (Lipinski definition) is 5. The van der Waals surface area contributed by atoms with E-state index >= 15 is 0 Å². The zero-order valence-electron chi connectivity index (χ0n) is 15.2. The minimum atomic E-state index is -3.45. The van der Waals surface area contributed by atoms with Gasteiger partial charge in [0.2, 0.25) is 22.7 Å². The van der Waals surface area contributed by atoms with E-state index in [1.165, 1.54) is 19.2 Å². The number of hydrogen-bond donors (Lipinski definition) is 2. The standard InChI is InChI=1S/C19H22N2O5S/c1-13(15-6-9-17-18(11-15)26-12-25-17)21-19(22)10-5-14-3-7-16(8-4-14)27(23,24)20-2/h3-4,6-9,11,13,20H,5,10,12H2,1-2H3,(H,21,22). The van der Waals surface area contributed by atoms with E-state index in [9.17, 15) is 13.2 Å². The molecule has 0 fully saturated rings. The van der Waals surface area contributed by atoms with Gasteiger partial charge in [-0.1, -0.05) is 18.2 Å². The van der Waals surface area contributed by atoms with E-state index in [0.29, 0.717) is 24.3 Å². The molecular formula is C19H22N2O5S. The number of ether oxygens (including phenoxy) is 2. The quantitative estimate of drug-likeness (QED) is 0.755. The van der Waals surface area contributed by atoms with Gasteiger partial charge in [0.05, 0.1) is 10.9 Å². The molecule has 0 saturated carbocycles. The van der Waals surface area contributed by atoms with Gasteiger partial charge in [0.25, 0.3) is 0 Å². The molecule has 0 aromatic heterocycles. The maximum absolute atomic E-state index is 12.2. The minimum absolute atomic E-state index is 0.0768. The number of nitrogens with one attached hydrogen (secondary N) is 2. The lowest BCUT2D eigenvalue weighted by Crippen LogP contribution is -2.26. The molecular weight excluding hydrogens is 368 g/mol. The highest BCUT2D eigenvalue weighted by Crippen LogP contribution is 2.34. The number of fused-ring (bicyclic) bond motifs is 1. The Balaban J connectivity index is 1.53. The Hall–Kier alpha value is -2.58. The molecule has 144 valence electrons. The number of aryl methyl sites for hydroxylation is 1. The summed E-state index contributed by atoms with van der Waals surface area (Å²) < 4.78 is 36.3. The molecule has 2 N–H and O–H groups in total. The molecule has 0 radical (unpaired) electrons. The Kier molecular flexibility index (Phi) is 5.67. The number of amides is 1. The van der Waals surface area contributed by atoms with Crippen LogP contribution in [0.5, 0.6) is 11.5 Å². The van der Waals surface area contributed by atoms with Crippen LogP contribution in [0.15, 0.2) is 47.4 Å². The van der Waals surface area contributed by atoms with Crippen LogP contribution in [0.25, 0.3) is 0 Å². The zero-order chi connectivity index (χ0) is 19.4. The number of benzene rings is 2. The molecule has 1 unspecified atom stereocenters. The van der Waals surface area contributed by atoms with E-state index in [1.807, 2.05) is 25.1 Å². The Bertz CT molecular complexity index is 926. The van der Waals surface area contributed by atoms with Crippen LogP contribution in [0.2, 0.25) is 0 Å². The fourth-order valence-electron chi connectivity index (χ4n) is 2.79. The third-order valence-corrected chi connectivity index (χ3v) is 5.85. The summed E-state index contributed by atoms with van der Waals surface area (Å²) in [5.74, 6) is 1.32. The van der Waals surface area contributed by atoms with E-state index in [4.69, 9.17) is 9.47 Å². The number of carbonyl (C=O) groups excluding carboxylic acids is 1. The molecule has 8 heteroatoms. The largest absolute Gasteiger partial charge is 0.454 e. The van der Waals surface area contributed by atoms with Crippen LogP contribution in [0, 0.1) is 0 Å². The van der Waals surface area contributed by atoms with Crippen molar-refractivity contribution in [3.8, 4) is 11.5 Å². The van der Waals surface area contributed by atoms with Gasteiger partial charge in [0, 0.05) is 6.42 Å². The fourth-order valence-corrected chi connectivity index (χ4v) is 3.52. The predicted molar refractivity (Wildman–Crippen MR) is 100 cm³/mol. The second-order valence-corrected chi connectivity index (χ2v) is 8.14. The molecule has 1 atom stereocenters. The van der Waals surface area contributed by atoms with Gasteiger partial charge in [-0.15, -0.1) is 0 Å². The van der Waals surface area contributed by atoms with Gasteiger partial charge in [0.15, 0.2) is 11.5 Å². The first-order chi connectivity index (χ1) is 12.9. The highest BCUT2D eigenvalue weighted by Gasteiger charge is 2.17. The molecule has 2 aromatic carbocycles. The van der Waals surface area contributed by atoms with Crippen LogP contribution in [0.3, 0.4) is 0 Å². The van der Waals surface area contributed by atoms with Crippen molar-refractivity contribution in [2.45, 2.75) is 30.7 Å². The first-order valence-corrected chi connectivity index (χ1v) is 10.1. The molecule has 7 nitrogen and oxygen atoms in total.